The molecular weight excluding hydrogens is 705 g/mol. The molecule has 0 spiro atoms. The molecule has 0 N–H and O–H groups in total. The summed E-state index contributed by atoms with van der Waals surface area (Å²) in [6, 6.07) is 68.9. The predicted molar refractivity (Wildman–Crippen MR) is 239 cm³/mol. The van der Waals surface area contributed by atoms with Crippen LogP contribution in [0.3, 0.4) is 0 Å². The molecule has 10 aromatic rings. The highest BCUT2D eigenvalue weighted by Crippen LogP contribution is 2.52. The molecule has 0 atom stereocenters. The topological polar surface area (TPSA) is 43.6 Å². The second kappa shape index (κ2) is 13.4. The van der Waals surface area contributed by atoms with E-state index in [0.717, 1.165) is 38.9 Å². The molecule has 2 heterocycles. The lowest BCUT2D eigenvalue weighted by molar-refractivity contribution is 0.663. The number of rotatable bonds is 6. The van der Waals surface area contributed by atoms with Gasteiger partial charge in [-0.05, 0) is 67.8 Å². The van der Waals surface area contributed by atoms with Crippen LogP contribution in [0.25, 0.3) is 95.0 Å². The molecule has 0 aliphatic heterocycles. The molecule has 2 aromatic heterocycles. The lowest BCUT2D eigenvalue weighted by Crippen LogP contribution is -2.17. The highest BCUT2D eigenvalue weighted by atomic mass is 15.2. The van der Waals surface area contributed by atoms with Crippen molar-refractivity contribution in [3.8, 4) is 73.2 Å². The van der Waals surface area contributed by atoms with Gasteiger partial charge in [0.25, 0.3) is 0 Å². The summed E-state index contributed by atoms with van der Waals surface area (Å²) in [6.45, 7) is 4.69. The molecule has 0 amide bonds. The summed E-state index contributed by atoms with van der Waals surface area (Å²) < 4.78 is 2.29. The molecule has 58 heavy (non-hydrogen) atoms. The molecule has 0 fully saturated rings. The zero-order valence-corrected chi connectivity index (χ0v) is 32.3. The Hall–Kier alpha value is -7.43. The number of para-hydroxylation sites is 1. The SMILES string of the molecule is CC1(C)c2ccccc2-c2ccc3c4ccccc4n(-c4nc(-c5ccc(-c6ccccc6)cc5)nc(-c5cccc(-c6ccc(-c7ccccc7)cc6)c5)n4)c3c21. The second-order valence-corrected chi connectivity index (χ2v) is 15.7. The van der Waals surface area contributed by atoms with Crippen LogP contribution in [-0.4, -0.2) is 19.5 Å². The van der Waals surface area contributed by atoms with Gasteiger partial charge in [0.05, 0.1) is 11.0 Å². The molecule has 0 bridgehead atoms. The third-order valence-electron chi connectivity index (χ3n) is 11.9. The van der Waals surface area contributed by atoms with Crippen LogP contribution >= 0.6 is 0 Å². The molecule has 0 saturated carbocycles. The average Bonchev–Trinajstić information content (AvgIpc) is 3.75. The number of aromatic nitrogens is 4. The molecule has 0 radical (unpaired) electrons. The van der Waals surface area contributed by atoms with Crippen LogP contribution in [0.15, 0.2) is 194 Å². The summed E-state index contributed by atoms with van der Waals surface area (Å²) in [5.74, 6) is 1.84. The first-order valence-corrected chi connectivity index (χ1v) is 19.9. The maximum atomic E-state index is 5.39. The zero-order valence-electron chi connectivity index (χ0n) is 32.3. The normalized spacial score (nSPS) is 12.8. The Labute approximate surface area is 337 Å². The van der Waals surface area contributed by atoms with E-state index in [2.05, 4.69) is 206 Å². The van der Waals surface area contributed by atoms with Crippen LogP contribution in [0.1, 0.15) is 25.0 Å². The minimum atomic E-state index is -0.242. The van der Waals surface area contributed by atoms with Crippen LogP contribution in [-0.2, 0) is 5.41 Å². The number of benzene rings is 8. The number of fused-ring (bicyclic) bond motifs is 7. The van der Waals surface area contributed by atoms with Crippen molar-refractivity contribution in [3.63, 3.8) is 0 Å². The summed E-state index contributed by atoms with van der Waals surface area (Å²) in [5.41, 5.74) is 15.9. The van der Waals surface area contributed by atoms with Gasteiger partial charge in [-0.15, -0.1) is 0 Å². The van der Waals surface area contributed by atoms with Crippen molar-refractivity contribution in [2.45, 2.75) is 19.3 Å². The van der Waals surface area contributed by atoms with E-state index in [-0.39, 0.29) is 5.41 Å². The van der Waals surface area contributed by atoms with E-state index in [1.54, 1.807) is 0 Å². The fraction of sp³-hybridized carbons (Fsp3) is 0.0556. The molecule has 0 unspecified atom stereocenters. The molecule has 274 valence electrons. The highest BCUT2D eigenvalue weighted by Gasteiger charge is 2.38. The largest absolute Gasteiger partial charge is 0.277 e. The maximum Gasteiger partial charge on any atom is 0.238 e. The van der Waals surface area contributed by atoms with Gasteiger partial charge in [-0.2, -0.15) is 9.97 Å². The Morgan fingerprint density at radius 3 is 1.59 bits per heavy atom. The van der Waals surface area contributed by atoms with Crippen LogP contribution in [0, 0.1) is 0 Å². The van der Waals surface area contributed by atoms with E-state index < -0.39 is 0 Å². The van der Waals surface area contributed by atoms with Crippen molar-refractivity contribution in [2.24, 2.45) is 0 Å². The summed E-state index contributed by atoms with van der Waals surface area (Å²) in [6.07, 6.45) is 0. The molecular formula is C54H38N4. The van der Waals surface area contributed by atoms with Crippen molar-refractivity contribution < 1.29 is 0 Å². The van der Waals surface area contributed by atoms with Crippen molar-refractivity contribution in [1.29, 1.82) is 0 Å². The van der Waals surface area contributed by atoms with Crippen molar-refractivity contribution in [2.75, 3.05) is 0 Å². The minimum Gasteiger partial charge on any atom is -0.277 e. The maximum absolute atomic E-state index is 5.39. The average molecular weight is 743 g/mol. The molecule has 11 rings (SSSR count). The number of hydrogen-bond acceptors (Lipinski definition) is 3. The van der Waals surface area contributed by atoms with E-state index in [9.17, 15) is 0 Å². The Morgan fingerprint density at radius 2 is 0.897 bits per heavy atom. The lowest BCUT2D eigenvalue weighted by atomic mass is 9.81. The van der Waals surface area contributed by atoms with E-state index in [1.807, 2.05) is 6.07 Å². The quantitative estimate of drug-likeness (QED) is 0.170. The summed E-state index contributed by atoms with van der Waals surface area (Å²) in [7, 11) is 0. The first-order chi connectivity index (χ1) is 28.5. The van der Waals surface area contributed by atoms with Crippen LogP contribution in [0.5, 0.6) is 0 Å². The third kappa shape index (κ3) is 5.48. The lowest BCUT2D eigenvalue weighted by Gasteiger charge is -2.23. The van der Waals surface area contributed by atoms with Gasteiger partial charge >= 0.3 is 0 Å². The Balaban J connectivity index is 1.12. The standard InChI is InChI=1S/C54H38N4/c1-54(2)47-22-11-9-20-43(47)45-32-33-46-44-21-10-12-23-48(44)58(50(46)49(45)54)53-56-51(40-30-28-38(29-31-40)36-16-7-4-8-17-36)55-52(57-53)42-19-13-18-41(34-42)39-26-24-37(25-27-39)35-14-5-3-6-15-35/h3-34H,1-2H3. The van der Waals surface area contributed by atoms with E-state index in [0.29, 0.717) is 17.6 Å². The van der Waals surface area contributed by atoms with Crippen LogP contribution < -0.4 is 0 Å². The van der Waals surface area contributed by atoms with Gasteiger partial charge in [-0.1, -0.05) is 196 Å². The number of nitrogens with zero attached hydrogens (tertiary/aromatic N) is 4. The van der Waals surface area contributed by atoms with E-state index in [4.69, 9.17) is 15.0 Å². The molecule has 8 aromatic carbocycles. The van der Waals surface area contributed by atoms with Crippen LogP contribution in [0.2, 0.25) is 0 Å². The number of hydrogen-bond donors (Lipinski definition) is 0. The predicted octanol–water partition coefficient (Wildman–Crippen LogP) is 13.6. The third-order valence-corrected chi connectivity index (χ3v) is 11.9. The summed E-state index contributed by atoms with van der Waals surface area (Å²) >= 11 is 0. The second-order valence-electron chi connectivity index (χ2n) is 15.7. The van der Waals surface area contributed by atoms with Gasteiger partial charge < -0.3 is 0 Å². The Kier molecular flexibility index (Phi) is 7.80. The molecule has 4 heteroatoms. The van der Waals surface area contributed by atoms with E-state index >= 15 is 0 Å². The van der Waals surface area contributed by atoms with Gasteiger partial charge in [0, 0.05) is 27.3 Å². The first kappa shape index (κ1) is 33.9. The fourth-order valence-corrected chi connectivity index (χ4v) is 9.01. The molecule has 0 saturated heterocycles. The first-order valence-electron chi connectivity index (χ1n) is 19.9. The summed E-state index contributed by atoms with van der Waals surface area (Å²) in [4.78, 5) is 16.0. The van der Waals surface area contributed by atoms with Gasteiger partial charge in [0.15, 0.2) is 11.6 Å². The minimum absolute atomic E-state index is 0.242. The van der Waals surface area contributed by atoms with Crippen LogP contribution in [0.4, 0.5) is 0 Å². The van der Waals surface area contributed by atoms with Crippen molar-refractivity contribution >= 4 is 21.8 Å². The van der Waals surface area contributed by atoms with Gasteiger partial charge in [0.2, 0.25) is 5.95 Å². The Bertz CT molecular complexity index is 3160. The smallest absolute Gasteiger partial charge is 0.238 e. The molecule has 1 aliphatic rings. The highest BCUT2D eigenvalue weighted by molar-refractivity contribution is 6.13. The Morgan fingerprint density at radius 1 is 0.379 bits per heavy atom. The molecule has 4 nitrogen and oxygen atoms in total. The van der Waals surface area contributed by atoms with Crippen molar-refractivity contribution in [1.82, 2.24) is 19.5 Å². The van der Waals surface area contributed by atoms with Gasteiger partial charge in [-0.25, -0.2) is 4.98 Å². The van der Waals surface area contributed by atoms with Crippen molar-refractivity contribution in [3.05, 3.63) is 205 Å². The summed E-state index contributed by atoms with van der Waals surface area (Å²) in [5, 5.41) is 2.36. The van der Waals surface area contributed by atoms with Gasteiger partial charge in [-0.3, -0.25) is 4.57 Å². The fourth-order valence-electron chi connectivity index (χ4n) is 9.01. The van der Waals surface area contributed by atoms with Gasteiger partial charge in [0.1, 0.15) is 0 Å². The zero-order chi connectivity index (χ0) is 38.8. The monoisotopic (exact) mass is 742 g/mol. The molecule has 1 aliphatic carbocycles. The van der Waals surface area contributed by atoms with E-state index in [1.165, 1.54) is 49.7 Å².